The van der Waals surface area contributed by atoms with E-state index in [2.05, 4.69) is 16.8 Å². The van der Waals surface area contributed by atoms with Crippen LogP contribution in [-0.4, -0.2) is 47.8 Å². The number of para-hydroxylation sites is 1. The topological polar surface area (TPSA) is 56.6 Å². The van der Waals surface area contributed by atoms with Crippen LogP contribution in [0.2, 0.25) is 0 Å². The van der Waals surface area contributed by atoms with E-state index in [1.165, 1.54) is 42.6 Å². The van der Waals surface area contributed by atoms with Crippen molar-refractivity contribution in [3.63, 3.8) is 0 Å². The molecule has 0 N–H and O–H groups in total. The zero-order valence-electron chi connectivity index (χ0n) is 18.9. The number of hydrogen-bond acceptors (Lipinski definition) is 5. The van der Waals surface area contributed by atoms with Gasteiger partial charge in [0.2, 0.25) is 0 Å². The Hall–Kier alpha value is -2.93. The molecule has 0 saturated carbocycles. The van der Waals surface area contributed by atoms with Crippen LogP contribution >= 0.6 is 0 Å². The fourth-order valence-electron chi connectivity index (χ4n) is 4.41. The lowest BCUT2D eigenvalue weighted by atomic mass is 10.0. The van der Waals surface area contributed by atoms with Crippen LogP contribution in [-0.2, 0) is 7.05 Å². The Labute approximate surface area is 187 Å². The summed E-state index contributed by atoms with van der Waals surface area (Å²) in [5, 5.41) is 0.248. The van der Waals surface area contributed by atoms with E-state index < -0.39 is 5.82 Å². The molecule has 2 heterocycles. The quantitative estimate of drug-likeness (QED) is 0.515. The number of halogens is 1. The zero-order chi connectivity index (χ0) is 22.7. The van der Waals surface area contributed by atoms with E-state index in [-0.39, 0.29) is 16.5 Å². The van der Waals surface area contributed by atoms with E-state index in [4.69, 9.17) is 9.47 Å². The Bertz CT molecular complexity index is 1160. The first-order valence-electron chi connectivity index (χ1n) is 11.2. The lowest BCUT2D eigenvalue weighted by molar-refractivity contribution is 0.170. The molecule has 170 valence electrons. The monoisotopic (exact) mass is 439 g/mol. The Kier molecular flexibility index (Phi) is 6.74. The van der Waals surface area contributed by atoms with E-state index in [1.807, 2.05) is 6.07 Å². The number of fused-ring (bicyclic) bond motifs is 1. The van der Waals surface area contributed by atoms with Gasteiger partial charge in [-0.2, -0.15) is 0 Å². The summed E-state index contributed by atoms with van der Waals surface area (Å²) >= 11 is 0. The van der Waals surface area contributed by atoms with Crippen molar-refractivity contribution < 1.29 is 13.9 Å². The molecule has 1 aromatic heterocycles. The summed E-state index contributed by atoms with van der Waals surface area (Å²) in [6.07, 6.45) is 3.55. The summed E-state index contributed by atoms with van der Waals surface area (Å²) in [5.74, 6) is 1.80. The third-order valence-corrected chi connectivity index (χ3v) is 6.10. The van der Waals surface area contributed by atoms with Gasteiger partial charge in [-0.15, -0.1) is 0 Å². The molecule has 0 bridgehead atoms. The second kappa shape index (κ2) is 9.69. The van der Waals surface area contributed by atoms with E-state index in [0.29, 0.717) is 29.5 Å². The molecule has 0 aliphatic carbocycles. The minimum Gasteiger partial charge on any atom is -0.496 e. The van der Waals surface area contributed by atoms with Gasteiger partial charge in [-0.25, -0.2) is 9.37 Å². The Morgan fingerprint density at radius 1 is 1.25 bits per heavy atom. The van der Waals surface area contributed by atoms with Crippen molar-refractivity contribution in [1.29, 1.82) is 0 Å². The molecule has 1 aliphatic heterocycles. The van der Waals surface area contributed by atoms with Crippen molar-refractivity contribution in [1.82, 2.24) is 14.5 Å². The second-order valence-electron chi connectivity index (χ2n) is 8.55. The third-order valence-electron chi connectivity index (χ3n) is 6.10. The average molecular weight is 440 g/mol. The van der Waals surface area contributed by atoms with E-state index in [9.17, 15) is 9.18 Å². The molecule has 1 aliphatic rings. The molecule has 0 amide bonds. The minimum absolute atomic E-state index is 0.0556. The van der Waals surface area contributed by atoms with Gasteiger partial charge in [-0.3, -0.25) is 9.36 Å². The summed E-state index contributed by atoms with van der Waals surface area (Å²) in [6, 6.07) is 9.82. The molecular weight excluding hydrogens is 409 g/mol. The van der Waals surface area contributed by atoms with Gasteiger partial charge >= 0.3 is 0 Å². The predicted octanol–water partition coefficient (Wildman–Crippen LogP) is 4.25. The Morgan fingerprint density at radius 2 is 2.09 bits per heavy atom. The van der Waals surface area contributed by atoms with Gasteiger partial charge in [-0.1, -0.05) is 13.0 Å². The molecule has 3 aromatic rings. The highest BCUT2D eigenvalue weighted by Crippen LogP contribution is 2.32. The van der Waals surface area contributed by atoms with Crippen molar-refractivity contribution in [2.75, 3.05) is 33.4 Å². The molecule has 2 aromatic carbocycles. The fraction of sp³-hybridized carbons (Fsp3) is 0.440. The third kappa shape index (κ3) is 4.63. The summed E-state index contributed by atoms with van der Waals surface area (Å²) in [7, 11) is 3.18. The number of nitrogens with zero attached hydrogens (tertiary/aromatic N) is 3. The zero-order valence-corrected chi connectivity index (χ0v) is 18.9. The van der Waals surface area contributed by atoms with Crippen LogP contribution in [0.1, 0.15) is 26.2 Å². The van der Waals surface area contributed by atoms with Gasteiger partial charge in [0, 0.05) is 26.2 Å². The lowest BCUT2D eigenvalue weighted by Crippen LogP contribution is -2.35. The number of aromatic nitrogens is 2. The molecule has 1 fully saturated rings. The molecule has 6 nitrogen and oxygen atoms in total. The van der Waals surface area contributed by atoms with Gasteiger partial charge in [0.15, 0.2) is 0 Å². The maximum Gasteiger partial charge on any atom is 0.261 e. The molecule has 0 radical (unpaired) electrons. The van der Waals surface area contributed by atoms with Crippen LogP contribution in [0.3, 0.4) is 0 Å². The molecular formula is C25H30FN3O3. The summed E-state index contributed by atoms with van der Waals surface area (Å²) in [6.45, 7) is 6.30. The van der Waals surface area contributed by atoms with Gasteiger partial charge in [0.05, 0.1) is 24.7 Å². The maximum atomic E-state index is 14.3. The van der Waals surface area contributed by atoms with Crippen molar-refractivity contribution >= 4 is 10.9 Å². The summed E-state index contributed by atoms with van der Waals surface area (Å²) in [5.41, 5.74) is 0.353. The highest BCUT2D eigenvalue weighted by atomic mass is 19.1. The maximum absolute atomic E-state index is 14.3. The van der Waals surface area contributed by atoms with Gasteiger partial charge in [-0.05, 0) is 56.0 Å². The van der Waals surface area contributed by atoms with Crippen LogP contribution in [0.15, 0.2) is 41.2 Å². The Morgan fingerprint density at radius 3 is 2.88 bits per heavy atom. The lowest BCUT2D eigenvalue weighted by Gasteiger charge is -2.30. The van der Waals surface area contributed by atoms with Crippen LogP contribution in [0.5, 0.6) is 11.5 Å². The van der Waals surface area contributed by atoms with Crippen molar-refractivity contribution in [3.05, 3.63) is 52.6 Å². The largest absolute Gasteiger partial charge is 0.496 e. The number of rotatable bonds is 7. The van der Waals surface area contributed by atoms with E-state index >= 15 is 0 Å². The number of hydrogen-bond donors (Lipinski definition) is 0. The smallest absolute Gasteiger partial charge is 0.261 e. The van der Waals surface area contributed by atoms with Crippen LogP contribution < -0.4 is 15.0 Å². The highest BCUT2D eigenvalue weighted by molar-refractivity contribution is 5.81. The second-order valence-corrected chi connectivity index (χ2v) is 8.55. The van der Waals surface area contributed by atoms with Gasteiger partial charge < -0.3 is 14.4 Å². The van der Waals surface area contributed by atoms with Crippen LogP contribution in [0.25, 0.3) is 22.3 Å². The predicted molar refractivity (Wildman–Crippen MR) is 124 cm³/mol. The fourth-order valence-corrected chi connectivity index (χ4v) is 4.41. The molecule has 1 atom stereocenters. The first kappa shape index (κ1) is 22.3. The van der Waals surface area contributed by atoms with Crippen molar-refractivity contribution in [2.24, 2.45) is 13.0 Å². The molecule has 7 heteroatoms. The molecule has 0 unspecified atom stereocenters. The van der Waals surface area contributed by atoms with Crippen LogP contribution in [0.4, 0.5) is 4.39 Å². The molecule has 4 rings (SSSR count). The minimum atomic E-state index is -0.525. The molecule has 0 spiro atoms. The number of likely N-dealkylation sites (tertiary alicyclic amines) is 1. The molecule has 1 saturated heterocycles. The first-order chi connectivity index (χ1) is 15.5. The summed E-state index contributed by atoms with van der Waals surface area (Å²) < 4.78 is 27.2. The Balaban J connectivity index is 1.51. The molecule has 32 heavy (non-hydrogen) atoms. The van der Waals surface area contributed by atoms with Gasteiger partial charge in [0.25, 0.3) is 5.56 Å². The average Bonchev–Trinajstić information content (AvgIpc) is 2.79. The van der Waals surface area contributed by atoms with E-state index in [0.717, 1.165) is 18.9 Å². The number of piperidine rings is 1. The van der Waals surface area contributed by atoms with Crippen molar-refractivity contribution in [3.8, 4) is 22.9 Å². The SMILES string of the molecule is COc1cc(OCCCN2CCC[C@H](C)C2)ccc1-c1nc2c(F)cccc2c(=O)n1C. The normalized spacial score (nSPS) is 16.9. The van der Waals surface area contributed by atoms with Gasteiger partial charge in [0.1, 0.15) is 28.7 Å². The summed E-state index contributed by atoms with van der Waals surface area (Å²) in [4.78, 5) is 19.7. The van der Waals surface area contributed by atoms with Crippen molar-refractivity contribution in [2.45, 2.75) is 26.2 Å². The number of ether oxygens (including phenoxy) is 2. The standard InChI is InChI=1S/C25H30FN3O3/c1-17-7-5-12-29(16-17)13-6-14-32-18-10-11-19(22(15-18)31-3)24-27-23-20(25(30)28(24)2)8-4-9-21(23)26/h4,8-11,15,17H,5-7,12-14,16H2,1-3H3/t17-/m0/s1. The van der Waals surface area contributed by atoms with Crippen LogP contribution in [0, 0.1) is 11.7 Å². The first-order valence-corrected chi connectivity index (χ1v) is 11.2. The number of methoxy groups -OCH3 is 1. The van der Waals surface area contributed by atoms with E-state index in [1.54, 1.807) is 32.4 Å². The highest BCUT2D eigenvalue weighted by Gasteiger charge is 2.18. The number of benzene rings is 2.